The van der Waals surface area contributed by atoms with Crippen LogP contribution in [0.15, 0.2) is 23.1 Å². The first kappa shape index (κ1) is 14.8. The van der Waals surface area contributed by atoms with Gasteiger partial charge in [0.05, 0.1) is 4.90 Å². The van der Waals surface area contributed by atoms with Crippen LogP contribution in [-0.4, -0.2) is 50.3 Å². The number of nitrogen functional groups attached to an aromatic ring is 1. The maximum Gasteiger partial charge on any atom is 0.243 e. The van der Waals surface area contributed by atoms with E-state index in [1.807, 2.05) is 6.92 Å². The third kappa shape index (κ3) is 3.22. The molecule has 1 saturated carbocycles. The molecule has 0 radical (unpaired) electrons. The summed E-state index contributed by atoms with van der Waals surface area (Å²) in [6.07, 6.45) is 2.67. The summed E-state index contributed by atoms with van der Waals surface area (Å²) in [6, 6.07) is 4.95. The maximum absolute atomic E-state index is 12.7. The van der Waals surface area contributed by atoms with Crippen LogP contribution in [0.3, 0.4) is 0 Å². The Morgan fingerprint density at radius 3 is 2.43 bits per heavy atom. The third-order valence-electron chi connectivity index (χ3n) is 4.42. The minimum absolute atomic E-state index is 0.352. The predicted octanol–water partition coefficient (Wildman–Crippen LogP) is 1.29. The molecular weight excluding hydrogens is 286 g/mol. The number of aryl methyl sites for hydroxylation is 1. The van der Waals surface area contributed by atoms with Crippen LogP contribution in [0, 0.1) is 12.8 Å². The Labute approximate surface area is 126 Å². The quantitative estimate of drug-likeness (QED) is 0.851. The molecule has 1 heterocycles. The first-order valence-electron chi connectivity index (χ1n) is 7.55. The van der Waals surface area contributed by atoms with Crippen LogP contribution < -0.4 is 5.73 Å². The number of nitrogens with two attached hydrogens (primary N) is 1. The normalized spacial score (nSPS) is 21.6. The molecule has 21 heavy (non-hydrogen) atoms. The second-order valence-electron chi connectivity index (χ2n) is 6.17. The molecule has 0 amide bonds. The highest BCUT2D eigenvalue weighted by molar-refractivity contribution is 7.89. The molecule has 2 N–H and O–H groups in total. The molecule has 1 aromatic carbocycles. The highest BCUT2D eigenvalue weighted by Crippen LogP contribution is 2.30. The lowest BCUT2D eigenvalue weighted by atomic mass is 10.2. The SMILES string of the molecule is Cc1cc(S(=O)(=O)N2CCN(CC3CC3)CC2)ccc1N. The van der Waals surface area contributed by atoms with Crippen molar-refractivity contribution in [3.05, 3.63) is 23.8 Å². The minimum atomic E-state index is -3.39. The average molecular weight is 309 g/mol. The number of hydrogen-bond donors (Lipinski definition) is 1. The molecule has 6 heteroatoms. The molecule has 0 atom stereocenters. The number of nitrogens with zero attached hydrogens (tertiary/aromatic N) is 2. The molecule has 1 aromatic rings. The van der Waals surface area contributed by atoms with Crippen molar-refractivity contribution in [2.24, 2.45) is 5.92 Å². The molecule has 5 nitrogen and oxygen atoms in total. The molecule has 1 aliphatic heterocycles. The van der Waals surface area contributed by atoms with Gasteiger partial charge in [0.2, 0.25) is 10.0 Å². The van der Waals surface area contributed by atoms with Gasteiger partial charge in [0.15, 0.2) is 0 Å². The molecule has 0 spiro atoms. The monoisotopic (exact) mass is 309 g/mol. The van der Waals surface area contributed by atoms with Crippen LogP contribution in [0.1, 0.15) is 18.4 Å². The van der Waals surface area contributed by atoms with E-state index in [0.717, 1.165) is 31.1 Å². The summed E-state index contributed by atoms with van der Waals surface area (Å²) in [7, 11) is -3.39. The molecule has 3 rings (SSSR count). The van der Waals surface area contributed by atoms with Crippen LogP contribution in [-0.2, 0) is 10.0 Å². The van der Waals surface area contributed by atoms with E-state index in [1.54, 1.807) is 22.5 Å². The van der Waals surface area contributed by atoms with E-state index in [9.17, 15) is 8.42 Å². The van der Waals surface area contributed by atoms with Crippen molar-refractivity contribution in [2.45, 2.75) is 24.7 Å². The molecule has 2 fully saturated rings. The van der Waals surface area contributed by atoms with Gasteiger partial charge in [-0.2, -0.15) is 4.31 Å². The Morgan fingerprint density at radius 1 is 1.19 bits per heavy atom. The first-order valence-corrected chi connectivity index (χ1v) is 8.99. The number of hydrogen-bond acceptors (Lipinski definition) is 4. The van der Waals surface area contributed by atoms with E-state index in [-0.39, 0.29) is 0 Å². The Balaban J connectivity index is 1.68. The number of rotatable bonds is 4. The van der Waals surface area contributed by atoms with Gasteiger partial charge in [-0.05, 0) is 49.4 Å². The summed E-state index contributed by atoms with van der Waals surface area (Å²) in [4.78, 5) is 2.74. The van der Waals surface area contributed by atoms with Crippen molar-refractivity contribution in [2.75, 3.05) is 38.5 Å². The molecule has 0 bridgehead atoms. The Hall–Kier alpha value is -1.11. The second kappa shape index (κ2) is 5.59. The lowest BCUT2D eigenvalue weighted by molar-refractivity contribution is 0.182. The highest BCUT2D eigenvalue weighted by Gasteiger charge is 2.31. The summed E-state index contributed by atoms with van der Waals surface area (Å²) < 4.78 is 26.9. The van der Waals surface area contributed by atoms with E-state index in [1.165, 1.54) is 12.8 Å². The fraction of sp³-hybridized carbons (Fsp3) is 0.600. The molecule has 0 unspecified atom stereocenters. The van der Waals surface area contributed by atoms with Crippen molar-refractivity contribution in [3.8, 4) is 0 Å². The summed E-state index contributed by atoms with van der Waals surface area (Å²) >= 11 is 0. The van der Waals surface area contributed by atoms with Crippen LogP contribution in [0.4, 0.5) is 5.69 Å². The maximum atomic E-state index is 12.7. The largest absolute Gasteiger partial charge is 0.399 e. The highest BCUT2D eigenvalue weighted by atomic mass is 32.2. The predicted molar refractivity (Wildman–Crippen MR) is 83.5 cm³/mol. The topological polar surface area (TPSA) is 66.6 Å². The zero-order chi connectivity index (χ0) is 15.0. The van der Waals surface area contributed by atoms with Crippen molar-refractivity contribution in [1.82, 2.24) is 9.21 Å². The number of sulfonamides is 1. The van der Waals surface area contributed by atoms with Gasteiger partial charge in [0.25, 0.3) is 0 Å². The first-order chi connectivity index (χ1) is 9.96. The summed E-state index contributed by atoms with van der Waals surface area (Å²) in [5.41, 5.74) is 7.20. The van der Waals surface area contributed by atoms with Gasteiger partial charge >= 0.3 is 0 Å². The van der Waals surface area contributed by atoms with E-state index in [4.69, 9.17) is 5.73 Å². The minimum Gasteiger partial charge on any atom is -0.399 e. The summed E-state index contributed by atoms with van der Waals surface area (Å²) in [6.45, 7) is 5.81. The van der Waals surface area contributed by atoms with E-state index in [0.29, 0.717) is 23.7 Å². The Bertz CT molecular complexity index is 618. The number of piperazine rings is 1. The molecule has 2 aliphatic rings. The summed E-state index contributed by atoms with van der Waals surface area (Å²) in [5, 5.41) is 0. The van der Waals surface area contributed by atoms with Crippen LogP contribution in [0.2, 0.25) is 0 Å². The van der Waals surface area contributed by atoms with Gasteiger partial charge in [-0.1, -0.05) is 0 Å². The van der Waals surface area contributed by atoms with E-state index < -0.39 is 10.0 Å². The Morgan fingerprint density at radius 2 is 1.86 bits per heavy atom. The van der Waals surface area contributed by atoms with Crippen molar-refractivity contribution < 1.29 is 8.42 Å². The van der Waals surface area contributed by atoms with Gasteiger partial charge < -0.3 is 10.6 Å². The van der Waals surface area contributed by atoms with Crippen LogP contribution >= 0.6 is 0 Å². The number of benzene rings is 1. The van der Waals surface area contributed by atoms with Gasteiger partial charge in [-0.3, -0.25) is 0 Å². The molecule has 116 valence electrons. The fourth-order valence-corrected chi connectivity index (χ4v) is 4.28. The molecule has 1 saturated heterocycles. The fourth-order valence-electron chi connectivity index (χ4n) is 2.78. The smallest absolute Gasteiger partial charge is 0.243 e. The van der Waals surface area contributed by atoms with Crippen LogP contribution in [0.5, 0.6) is 0 Å². The van der Waals surface area contributed by atoms with E-state index >= 15 is 0 Å². The third-order valence-corrected chi connectivity index (χ3v) is 6.32. The van der Waals surface area contributed by atoms with Gasteiger partial charge in [0.1, 0.15) is 0 Å². The van der Waals surface area contributed by atoms with Crippen molar-refractivity contribution >= 4 is 15.7 Å². The zero-order valence-electron chi connectivity index (χ0n) is 12.5. The lowest BCUT2D eigenvalue weighted by Crippen LogP contribution is -2.49. The van der Waals surface area contributed by atoms with Crippen molar-refractivity contribution in [3.63, 3.8) is 0 Å². The van der Waals surface area contributed by atoms with Crippen LogP contribution in [0.25, 0.3) is 0 Å². The Kier molecular flexibility index (Phi) is 3.94. The lowest BCUT2D eigenvalue weighted by Gasteiger charge is -2.34. The standard InChI is InChI=1S/C15H23N3O2S/c1-12-10-14(4-5-15(12)16)21(19,20)18-8-6-17(7-9-18)11-13-2-3-13/h4-5,10,13H,2-3,6-9,11,16H2,1H3. The second-order valence-corrected chi connectivity index (χ2v) is 8.10. The van der Waals surface area contributed by atoms with Gasteiger partial charge in [-0.25, -0.2) is 8.42 Å². The number of anilines is 1. The van der Waals surface area contributed by atoms with Gasteiger partial charge in [-0.15, -0.1) is 0 Å². The molecule has 1 aliphatic carbocycles. The molecular formula is C15H23N3O2S. The van der Waals surface area contributed by atoms with Crippen molar-refractivity contribution in [1.29, 1.82) is 0 Å². The summed E-state index contributed by atoms with van der Waals surface area (Å²) in [5.74, 6) is 0.855. The average Bonchev–Trinajstić information content (AvgIpc) is 3.26. The van der Waals surface area contributed by atoms with E-state index in [2.05, 4.69) is 4.90 Å². The van der Waals surface area contributed by atoms with Gasteiger partial charge in [0, 0.05) is 38.4 Å². The molecule has 0 aromatic heterocycles. The zero-order valence-corrected chi connectivity index (χ0v) is 13.3.